The van der Waals surface area contributed by atoms with Gasteiger partial charge in [-0.3, -0.25) is 4.79 Å². The first-order valence-electron chi connectivity index (χ1n) is 5.95. The molecule has 3 nitrogen and oxygen atoms in total. The first kappa shape index (κ1) is 14.3. The van der Waals surface area contributed by atoms with Crippen molar-refractivity contribution < 1.29 is 9.90 Å². The third kappa shape index (κ3) is 5.03. The Balaban J connectivity index is 2.72. The Morgan fingerprint density at radius 1 is 1.28 bits per heavy atom. The standard InChI is InChI=1S/C15H19NO2/c1-15(2,3)16-14(18)13-9-7-12(8-10-13)6-4-5-11-17/h7-10,17H,5,11H2,1-3H3,(H,16,18). The van der Waals surface area contributed by atoms with Crippen LogP contribution < -0.4 is 5.32 Å². The number of hydrogen-bond acceptors (Lipinski definition) is 2. The number of amides is 1. The summed E-state index contributed by atoms with van der Waals surface area (Å²) in [5.41, 5.74) is 1.23. The van der Waals surface area contributed by atoms with Gasteiger partial charge >= 0.3 is 0 Å². The highest BCUT2D eigenvalue weighted by atomic mass is 16.2. The molecule has 2 N–H and O–H groups in total. The van der Waals surface area contributed by atoms with Gasteiger partial charge in [0.25, 0.3) is 5.91 Å². The van der Waals surface area contributed by atoms with Crippen molar-refractivity contribution in [1.29, 1.82) is 0 Å². The molecule has 0 aromatic heterocycles. The molecule has 0 aliphatic heterocycles. The number of carbonyl (C=O) groups is 1. The highest BCUT2D eigenvalue weighted by molar-refractivity contribution is 5.94. The van der Waals surface area contributed by atoms with Crippen LogP contribution in [0, 0.1) is 11.8 Å². The minimum absolute atomic E-state index is 0.0685. The fraction of sp³-hybridized carbons (Fsp3) is 0.400. The molecular weight excluding hydrogens is 226 g/mol. The predicted octanol–water partition coefficient (Wildman–Crippen LogP) is 1.95. The monoisotopic (exact) mass is 245 g/mol. The minimum atomic E-state index is -0.239. The zero-order valence-corrected chi connectivity index (χ0v) is 11.1. The summed E-state index contributed by atoms with van der Waals surface area (Å²) in [7, 11) is 0. The smallest absolute Gasteiger partial charge is 0.251 e. The molecule has 0 atom stereocenters. The lowest BCUT2D eigenvalue weighted by molar-refractivity contribution is 0.0919. The van der Waals surface area contributed by atoms with Crippen LogP contribution in [0.25, 0.3) is 0 Å². The maximum absolute atomic E-state index is 11.9. The maximum Gasteiger partial charge on any atom is 0.251 e. The molecule has 0 saturated carbocycles. The topological polar surface area (TPSA) is 49.3 Å². The van der Waals surface area contributed by atoms with E-state index in [4.69, 9.17) is 5.11 Å². The molecule has 0 bridgehead atoms. The van der Waals surface area contributed by atoms with Crippen LogP contribution in [0.5, 0.6) is 0 Å². The number of carbonyl (C=O) groups excluding carboxylic acids is 1. The van der Waals surface area contributed by atoms with Crippen LogP contribution >= 0.6 is 0 Å². The van der Waals surface area contributed by atoms with E-state index in [1.807, 2.05) is 32.9 Å². The average Bonchev–Trinajstić information content (AvgIpc) is 2.28. The quantitative estimate of drug-likeness (QED) is 0.782. The van der Waals surface area contributed by atoms with Crippen LogP contribution in [0.2, 0.25) is 0 Å². The van der Waals surface area contributed by atoms with Crippen molar-refractivity contribution in [2.75, 3.05) is 6.61 Å². The zero-order chi connectivity index (χ0) is 13.6. The van der Waals surface area contributed by atoms with E-state index in [-0.39, 0.29) is 18.1 Å². The number of aliphatic hydroxyl groups is 1. The Hall–Kier alpha value is -1.79. The lowest BCUT2D eigenvalue weighted by Crippen LogP contribution is -2.40. The highest BCUT2D eigenvalue weighted by Crippen LogP contribution is 2.06. The molecular formula is C15H19NO2. The summed E-state index contributed by atoms with van der Waals surface area (Å²) in [5, 5.41) is 11.5. The third-order valence-electron chi connectivity index (χ3n) is 2.11. The number of hydrogen-bond donors (Lipinski definition) is 2. The second-order valence-electron chi connectivity index (χ2n) is 5.06. The van der Waals surface area contributed by atoms with Gasteiger partial charge in [-0.25, -0.2) is 0 Å². The third-order valence-corrected chi connectivity index (χ3v) is 2.11. The summed E-state index contributed by atoms with van der Waals surface area (Å²) in [4.78, 5) is 11.9. The number of rotatable bonds is 2. The van der Waals surface area contributed by atoms with Crippen LogP contribution in [0.15, 0.2) is 24.3 Å². The molecule has 0 fully saturated rings. The van der Waals surface area contributed by atoms with Gasteiger partial charge in [0.2, 0.25) is 0 Å². The predicted molar refractivity (Wildman–Crippen MR) is 72.2 cm³/mol. The molecule has 0 saturated heterocycles. The molecule has 0 aliphatic rings. The van der Waals surface area contributed by atoms with Gasteiger partial charge in [-0.2, -0.15) is 0 Å². The maximum atomic E-state index is 11.9. The Morgan fingerprint density at radius 2 is 1.89 bits per heavy atom. The van der Waals surface area contributed by atoms with Crippen molar-refractivity contribution in [2.45, 2.75) is 32.7 Å². The van der Waals surface area contributed by atoms with Gasteiger partial charge in [-0.05, 0) is 45.0 Å². The van der Waals surface area contributed by atoms with Crippen LogP contribution in [0.4, 0.5) is 0 Å². The molecule has 0 aliphatic carbocycles. The molecule has 0 radical (unpaired) electrons. The van der Waals surface area contributed by atoms with E-state index in [1.165, 1.54) is 0 Å². The Labute approximate surface area is 108 Å². The van der Waals surface area contributed by atoms with E-state index in [2.05, 4.69) is 17.2 Å². The first-order chi connectivity index (χ1) is 8.42. The summed E-state index contributed by atoms with van der Waals surface area (Å²) in [6.07, 6.45) is 0.465. The lowest BCUT2D eigenvalue weighted by atomic mass is 10.1. The van der Waals surface area contributed by atoms with Crippen molar-refractivity contribution in [1.82, 2.24) is 5.32 Å². The van der Waals surface area contributed by atoms with Gasteiger partial charge in [0.1, 0.15) is 0 Å². The normalized spacial score (nSPS) is 10.4. The SMILES string of the molecule is CC(C)(C)NC(=O)c1ccc(C#CCCO)cc1. The number of aliphatic hydroxyl groups excluding tert-OH is 1. The van der Waals surface area contributed by atoms with Gasteiger partial charge in [0.15, 0.2) is 0 Å². The van der Waals surface area contributed by atoms with Gasteiger partial charge in [-0.1, -0.05) is 11.8 Å². The van der Waals surface area contributed by atoms with E-state index in [0.717, 1.165) is 5.56 Å². The second kappa shape index (κ2) is 6.23. The molecule has 1 rings (SSSR count). The summed E-state index contributed by atoms with van der Waals surface area (Å²) in [6, 6.07) is 7.12. The molecule has 0 spiro atoms. The van der Waals surface area contributed by atoms with Crippen molar-refractivity contribution in [3.8, 4) is 11.8 Å². The highest BCUT2D eigenvalue weighted by Gasteiger charge is 2.14. The van der Waals surface area contributed by atoms with Gasteiger partial charge in [0, 0.05) is 23.1 Å². The Kier molecular flexibility index (Phi) is 4.94. The molecule has 1 aromatic rings. The number of benzene rings is 1. The Bertz CT molecular complexity index is 458. The Morgan fingerprint density at radius 3 is 2.39 bits per heavy atom. The fourth-order valence-corrected chi connectivity index (χ4v) is 1.34. The summed E-state index contributed by atoms with van der Waals surface area (Å²) in [6.45, 7) is 5.90. The average molecular weight is 245 g/mol. The van der Waals surface area contributed by atoms with Crippen molar-refractivity contribution >= 4 is 5.91 Å². The van der Waals surface area contributed by atoms with Crippen LogP contribution in [0.3, 0.4) is 0 Å². The molecule has 18 heavy (non-hydrogen) atoms. The largest absolute Gasteiger partial charge is 0.395 e. The summed E-state index contributed by atoms with van der Waals surface area (Å²) < 4.78 is 0. The molecule has 0 heterocycles. The molecule has 3 heteroatoms. The van der Waals surface area contributed by atoms with E-state index in [9.17, 15) is 4.79 Å². The van der Waals surface area contributed by atoms with Crippen molar-refractivity contribution in [2.24, 2.45) is 0 Å². The minimum Gasteiger partial charge on any atom is -0.395 e. The fourth-order valence-electron chi connectivity index (χ4n) is 1.34. The zero-order valence-electron chi connectivity index (χ0n) is 11.1. The van der Waals surface area contributed by atoms with Gasteiger partial charge in [0.05, 0.1) is 6.61 Å². The van der Waals surface area contributed by atoms with Gasteiger partial charge < -0.3 is 10.4 Å². The van der Waals surface area contributed by atoms with Gasteiger partial charge in [-0.15, -0.1) is 0 Å². The molecule has 1 amide bonds. The summed E-state index contributed by atoms with van der Waals surface area (Å²) in [5.74, 6) is 5.67. The first-order valence-corrected chi connectivity index (χ1v) is 5.95. The lowest BCUT2D eigenvalue weighted by Gasteiger charge is -2.20. The van der Waals surface area contributed by atoms with Crippen molar-refractivity contribution in [3.63, 3.8) is 0 Å². The van der Waals surface area contributed by atoms with Crippen molar-refractivity contribution in [3.05, 3.63) is 35.4 Å². The van der Waals surface area contributed by atoms with E-state index in [1.54, 1.807) is 12.1 Å². The molecule has 0 unspecified atom stereocenters. The van der Waals surface area contributed by atoms with Crippen LogP contribution in [-0.4, -0.2) is 23.2 Å². The van der Waals surface area contributed by atoms with E-state index in [0.29, 0.717) is 12.0 Å². The molecule has 96 valence electrons. The van der Waals surface area contributed by atoms with Crippen LogP contribution in [0.1, 0.15) is 43.1 Å². The molecule has 1 aromatic carbocycles. The van der Waals surface area contributed by atoms with E-state index >= 15 is 0 Å². The summed E-state index contributed by atoms with van der Waals surface area (Å²) >= 11 is 0. The van der Waals surface area contributed by atoms with Crippen LogP contribution in [-0.2, 0) is 0 Å². The second-order valence-corrected chi connectivity index (χ2v) is 5.06. The van der Waals surface area contributed by atoms with E-state index < -0.39 is 0 Å². The number of nitrogens with one attached hydrogen (secondary N) is 1.